The highest BCUT2D eigenvalue weighted by Gasteiger charge is 2.32. The smallest absolute Gasteiger partial charge is 0.227 e. The number of amides is 1. The van der Waals surface area contributed by atoms with Crippen LogP contribution in [0.4, 0.5) is 0 Å². The Morgan fingerprint density at radius 1 is 1.07 bits per heavy atom. The quantitative estimate of drug-likeness (QED) is 0.628. The van der Waals surface area contributed by atoms with Gasteiger partial charge in [0.25, 0.3) is 0 Å². The van der Waals surface area contributed by atoms with E-state index in [2.05, 4.69) is 0 Å². The largest absolute Gasteiger partial charge is 0.497 e. The third kappa shape index (κ3) is 3.81. The zero-order valence-electron chi connectivity index (χ0n) is 17.2. The molecular formula is C23H26N2O4S. The van der Waals surface area contributed by atoms with Crippen molar-refractivity contribution in [1.29, 1.82) is 0 Å². The number of piperidine rings is 1. The van der Waals surface area contributed by atoms with E-state index in [0.717, 1.165) is 16.5 Å². The number of para-hydroxylation sites is 1. The predicted octanol–water partition coefficient (Wildman–Crippen LogP) is 3.19. The van der Waals surface area contributed by atoms with E-state index in [1.165, 1.54) is 0 Å². The molecule has 1 fully saturated rings. The normalized spacial score (nSPS) is 15.5. The predicted molar refractivity (Wildman–Crippen MR) is 116 cm³/mol. The maximum atomic E-state index is 13.0. The van der Waals surface area contributed by atoms with Gasteiger partial charge >= 0.3 is 0 Å². The van der Waals surface area contributed by atoms with Crippen molar-refractivity contribution in [3.05, 3.63) is 60.3 Å². The second-order valence-corrected chi connectivity index (χ2v) is 9.99. The first kappa shape index (κ1) is 20.5. The Kier molecular flexibility index (Phi) is 5.56. The van der Waals surface area contributed by atoms with E-state index in [-0.39, 0.29) is 5.91 Å². The van der Waals surface area contributed by atoms with Crippen molar-refractivity contribution in [2.45, 2.75) is 29.4 Å². The SMILES string of the molecule is COc1ccc(S(=O)(=O)C2CCN(C(=O)Cc3cn(C)c4ccccc34)CC2)cc1. The van der Waals surface area contributed by atoms with Gasteiger partial charge in [-0.25, -0.2) is 8.42 Å². The van der Waals surface area contributed by atoms with E-state index in [1.807, 2.05) is 42.1 Å². The fourth-order valence-electron chi connectivity index (χ4n) is 4.21. The van der Waals surface area contributed by atoms with E-state index in [4.69, 9.17) is 4.74 Å². The summed E-state index contributed by atoms with van der Waals surface area (Å²) in [5, 5.41) is 0.623. The van der Waals surface area contributed by atoms with E-state index in [9.17, 15) is 13.2 Å². The lowest BCUT2D eigenvalue weighted by Gasteiger charge is -2.31. The van der Waals surface area contributed by atoms with E-state index in [0.29, 0.717) is 43.0 Å². The van der Waals surface area contributed by atoms with Crippen LogP contribution in [0.1, 0.15) is 18.4 Å². The highest BCUT2D eigenvalue weighted by atomic mass is 32.2. The standard InChI is InChI=1S/C23H26N2O4S/c1-24-16-17(21-5-3-4-6-22(21)24)15-23(26)25-13-11-20(12-14-25)30(27,28)19-9-7-18(29-2)8-10-19/h3-10,16,20H,11-15H2,1-2H3. The van der Waals surface area contributed by atoms with Gasteiger partial charge in [-0.15, -0.1) is 0 Å². The molecule has 2 heterocycles. The van der Waals surface area contributed by atoms with Crippen molar-refractivity contribution in [3.63, 3.8) is 0 Å². The number of hydrogen-bond donors (Lipinski definition) is 0. The van der Waals surface area contributed by atoms with Gasteiger partial charge in [-0.1, -0.05) is 18.2 Å². The number of ether oxygens (including phenoxy) is 1. The summed E-state index contributed by atoms with van der Waals surface area (Å²) in [5.74, 6) is 0.675. The Morgan fingerprint density at radius 3 is 2.40 bits per heavy atom. The monoisotopic (exact) mass is 426 g/mol. The average Bonchev–Trinajstić information content (AvgIpc) is 3.09. The molecule has 0 radical (unpaired) electrons. The minimum Gasteiger partial charge on any atom is -0.497 e. The number of fused-ring (bicyclic) bond motifs is 1. The molecule has 1 amide bonds. The molecule has 0 saturated carbocycles. The Morgan fingerprint density at radius 2 is 1.73 bits per heavy atom. The van der Waals surface area contributed by atoms with Gasteiger partial charge in [0.1, 0.15) is 5.75 Å². The van der Waals surface area contributed by atoms with Crippen molar-refractivity contribution < 1.29 is 17.9 Å². The maximum absolute atomic E-state index is 13.0. The molecule has 158 valence electrons. The molecule has 6 nitrogen and oxygen atoms in total. The molecule has 0 aliphatic carbocycles. The number of methoxy groups -OCH3 is 1. The van der Waals surface area contributed by atoms with Crippen molar-refractivity contribution in [3.8, 4) is 5.75 Å². The molecule has 0 N–H and O–H groups in total. The van der Waals surface area contributed by atoms with Crippen LogP contribution in [-0.2, 0) is 28.1 Å². The summed E-state index contributed by atoms with van der Waals surface area (Å²) < 4.78 is 33.1. The molecule has 0 unspecified atom stereocenters. The van der Waals surface area contributed by atoms with E-state index in [1.54, 1.807) is 36.3 Å². The van der Waals surface area contributed by atoms with Gasteiger partial charge in [0.05, 0.1) is 23.7 Å². The van der Waals surface area contributed by atoms with Crippen LogP contribution in [0.25, 0.3) is 10.9 Å². The molecule has 2 aromatic carbocycles. The fourth-order valence-corrected chi connectivity index (χ4v) is 5.95. The van der Waals surface area contributed by atoms with Crippen LogP contribution < -0.4 is 4.74 Å². The van der Waals surface area contributed by atoms with Gasteiger partial charge in [0.2, 0.25) is 5.91 Å². The first-order valence-corrected chi connectivity index (χ1v) is 11.6. The number of aryl methyl sites for hydroxylation is 1. The number of aromatic nitrogens is 1. The minimum atomic E-state index is -3.42. The zero-order valence-corrected chi connectivity index (χ0v) is 18.1. The zero-order chi connectivity index (χ0) is 21.3. The van der Waals surface area contributed by atoms with E-state index < -0.39 is 15.1 Å². The van der Waals surface area contributed by atoms with Crippen molar-refractivity contribution in [2.75, 3.05) is 20.2 Å². The maximum Gasteiger partial charge on any atom is 0.227 e. The Bertz CT molecular complexity index is 1160. The minimum absolute atomic E-state index is 0.0478. The summed E-state index contributed by atoms with van der Waals surface area (Å²) in [6, 6.07) is 14.5. The Labute approximate surface area is 177 Å². The molecule has 7 heteroatoms. The number of hydrogen-bond acceptors (Lipinski definition) is 4. The van der Waals surface area contributed by atoms with Crippen LogP contribution in [0.5, 0.6) is 5.75 Å². The van der Waals surface area contributed by atoms with Gasteiger partial charge in [-0.3, -0.25) is 4.79 Å². The molecule has 30 heavy (non-hydrogen) atoms. The molecule has 1 aliphatic heterocycles. The van der Waals surface area contributed by atoms with Gasteiger partial charge in [0.15, 0.2) is 9.84 Å². The summed E-state index contributed by atoms with van der Waals surface area (Å²) in [4.78, 5) is 15.0. The molecule has 1 saturated heterocycles. The number of rotatable bonds is 5. The van der Waals surface area contributed by atoms with Crippen LogP contribution >= 0.6 is 0 Å². The molecular weight excluding hydrogens is 400 g/mol. The van der Waals surface area contributed by atoms with Crippen LogP contribution in [0.3, 0.4) is 0 Å². The first-order valence-electron chi connectivity index (χ1n) is 10.1. The highest BCUT2D eigenvalue weighted by Crippen LogP contribution is 2.27. The number of nitrogens with zero attached hydrogens (tertiary/aromatic N) is 2. The summed E-state index contributed by atoms with van der Waals surface area (Å²) in [5.41, 5.74) is 2.11. The van der Waals surface area contributed by atoms with Crippen molar-refractivity contribution >= 4 is 26.6 Å². The first-order chi connectivity index (χ1) is 14.4. The summed E-state index contributed by atoms with van der Waals surface area (Å²) in [6.45, 7) is 0.924. The third-order valence-corrected chi connectivity index (χ3v) is 8.22. The number of likely N-dealkylation sites (tertiary alicyclic amines) is 1. The van der Waals surface area contributed by atoms with Gasteiger partial charge in [-0.2, -0.15) is 0 Å². The summed E-state index contributed by atoms with van der Waals surface area (Å²) >= 11 is 0. The number of carbonyl (C=O) groups excluding carboxylic acids is 1. The molecule has 4 rings (SSSR count). The van der Waals surface area contributed by atoms with Crippen LogP contribution in [0, 0.1) is 0 Å². The topological polar surface area (TPSA) is 68.6 Å². The number of sulfone groups is 1. The van der Waals surface area contributed by atoms with Gasteiger partial charge in [0, 0.05) is 37.2 Å². The number of benzene rings is 2. The van der Waals surface area contributed by atoms with Crippen molar-refractivity contribution in [1.82, 2.24) is 9.47 Å². The molecule has 0 atom stereocenters. The fraction of sp³-hybridized carbons (Fsp3) is 0.348. The van der Waals surface area contributed by atoms with Gasteiger partial charge < -0.3 is 14.2 Å². The second-order valence-electron chi connectivity index (χ2n) is 7.76. The second kappa shape index (κ2) is 8.14. The third-order valence-electron chi connectivity index (χ3n) is 5.94. The van der Waals surface area contributed by atoms with Crippen molar-refractivity contribution in [2.24, 2.45) is 7.05 Å². The molecule has 1 aromatic heterocycles. The lowest BCUT2D eigenvalue weighted by Crippen LogP contribution is -2.43. The highest BCUT2D eigenvalue weighted by molar-refractivity contribution is 7.92. The lowest BCUT2D eigenvalue weighted by atomic mass is 10.1. The molecule has 0 bridgehead atoms. The van der Waals surface area contributed by atoms with Gasteiger partial charge in [-0.05, 0) is 48.7 Å². The number of carbonyl (C=O) groups is 1. The molecule has 0 spiro atoms. The summed E-state index contributed by atoms with van der Waals surface area (Å²) in [6.07, 6.45) is 3.24. The summed E-state index contributed by atoms with van der Waals surface area (Å²) in [7, 11) is 0.111. The van der Waals surface area contributed by atoms with Crippen LogP contribution in [0.15, 0.2) is 59.6 Å². The van der Waals surface area contributed by atoms with Crippen LogP contribution in [0.2, 0.25) is 0 Å². The van der Waals surface area contributed by atoms with Crippen LogP contribution in [-0.4, -0.2) is 49.2 Å². The van der Waals surface area contributed by atoms with E-state index >= 15 is 0 Å². The Balaban J connectivity index is 1.41. The average molecular weight is 427 g/mol. The molecule has 1 aliphatic rings. The lowest BCUT2D eigenvalue weighted by molar-refractivity contribution is -0.131. The Hall–Kier alpha value is -2.80. The molecule has 3 aromatic rings.